The number of halogens is 1. The van der Waals surface area contributed by atoms with Gasteiger partial charge in [-0.3, -0.25) is 0 Å². The lowest BCUT2D eigenvalue weighted by molar-refractivity contribution is 0.537. The summed E-state index contributed by atoms with van der Waals surface area (Å²) in [6.07, 6.45) is 0. The Morgan fingerprint density at radius 1 is 0.895 bits per heavy atom. The molecule has 19 heavy (non-hydrogen) atoms. The molecule has 0 amide bonds. The van der Waals surface area contributed by atoms with E-state index in [1.165, 1.54) is 11.1 Å². The maximum Gasteiger partial charge on any atom is 0.0406 e. The minimum absolute atomic E-state index is 0.337. The van der Waals surface area contributed by atoms with Crippen LogP contribution in [0.25, 0.3) is 0 Å². The largest absolute Gasteiger partial charge is 0.310 e. The summed E-state index contributed by atoms with van der Waals surface area (Å²) < 4.78 is 0. The number of hydrogen-bond acceptors (Lipinski definition) is 1. The van der Waals surface area contributed by atoms with Crippen molar-refractivity contribution in [2.24, 2.45) is 0 Å². The first-order valence-electron chi connectivity index (χ1n) is 6.70. The molecule has 2 rings (SSSR count). The molecule has 100 valence electrons. The van der Waals surface area contributed by atoms with Crippen LogP contribution in [0.2, 0.25) is 5.02 Å². The standard InChI is InChI=1S/C17H20ClN/c1-13(15-6-4-3-5-7-15)12-19-14(2)16-8-10-17(18)11-9-16/h3-11,13-14,19H,12H2,1-2H3/t13?,14-/m1/s1. The molecule has 0 aromatic heterocycles. The first-order valence-corrected chi connectivity index (χ1v) is 7.08. The summed E-state index contributed by atoms with van der Waals surface area (Å²) in [5.41, 5.74) is 2.64. The lowest BCUT2D eigenvalue weighted by atomic mass is 10.0. The highest BCUT2D eigenvalue weighted by Gasteiger charge is 2.08. The molecule has 0 aliphatic carbocycles. The van der Waals surface area contributed by atoms with Gasteiger partial charge in [-0.25, -0.2) is 0 Å². The molecule has 2 aromatic rings. The van der Waals surface area contributed by atoms with Crippen LogP contribution in [0.15, 0.2) is 54.6 Å². The van der Waals surface area contributed by atoms with Crippen LogP contribution in [-0.4, -0.2) is 6.54 Å². The van der Waals surface area contributed by atoms with Crippen LogP contribution in [-0.2, 0) is 0 Å². The van der Waals surface area contributed by atoms with Crippen molar-refractivity contribution < 1.29 is 0 Å². The van der Waals surface area contributed by atoms with Gasteiger partial charge >= 0.3 is 0 Å². The third kappa shape index (κ3) is 4.09. The van der Waals surface area contributed by atoms with E-state index >= 15 is 0 Å². The van der Waals surface area contributed by atoms with Gasteiger partial charge in [-0.15, -0.1) is 0 Å². The van der Waals surface area contributed by atoms with Gasteiger partial charge in [0.25, 0.3) is 0 Å². The van der Waals surface area contributed by atoms with E-state index in [9.17, 15) is 0 Å². The molecular formula is C17H20ClN. The van der Waals surface area contributed by atoms with E-state index < -0.39 is 0 Å². The fourth-order valence-corrected chi connectivity index (χ4v) is 2.25. The second kappa shape index (κ2) is 6.74. The molecule has 0 spiro atoms. The van der Waals surface area contributed by atoms with Crippen LogP contribution < -0.4 is 5.32 Å². The molecule has 0 heterocycles. The van der Waals surface area contributed by atoms with Crippen molar-refractivity contribution in [3.8, 4) is 0 Å². The molecule has 1 N–H and O–H groups in total. The van der Waals surface area contributed by atoms with Gasteiger partial charge in [0.05, 0.1) is 0 Å². The molecule has 0 bridgehead atoms. The first kappa shape index (κ1) is 14.1. The first-order chi connectivity index (χ1) is 9.16. The predicted octanol–water partition coefficient (Wildman–Crippen LogP) is 4.79. The van der Waals surface area contributed by atoms with Crippen LogP contribution in [0.3, 0.4) is 0 Å². The van der Waals surface area contributed by atoms with Crippen LogP contribution in [0.1, 0.15) is 36.9 Å². The van der Waals surface area contributed by atoms with Gasteiger partial charge in [0, 0.05) is 17.6 Å². The normalized spacial score (nSPS) is 14.1. The van der Waals surface area contributed by atoms with Crippen LogP contribution >= 0.6 is 11.6 Å². The summed E-state index contributed by atoms with van der Waals surface area (Å²) in [6.45, 7) is 5.39. The molecule has 0 fully saturated rings. The smallest absolute Gasteiger partial charge is 0.0406 e. The summed E-state index contributed by atoms with van der Waals surface area (Å²) >= 11 is 5.90. The van der Waals surface area contributed by atoms with Gasteiger partial charge in [-0.1, -0.05) is 61.0 Å². The van der Waals surface area contributed by atoms with Crippen LogP contribution in [0.5, 0.6) is 0 Å². The van der Waals surface area contributed by atoms with E-state index in [2.05, 4.69) is 61.6 Å². The molecule has 0 radical (unpaired) electrons. The maximum absolute atomic E-state index is 5.90. The molecular weight excluding hydrogens is 254 g/mol. The highest BCUT2D eigenvalue weighted by molar-refractivity contribution is 6.30. The van der Waals surface area contributed by atoms with E-state index in [1.54, 1.807) is 0 Å². The lowest BCUT2D eigenvalue weighted by Crippen LogP contribution is -2.23. The number of rotatable bonds is 5. The number of nitrogens with one attached hydrogen (secondary N) is 1. The van der Waals surface area contributed by atoms with Gasteiger partial charge < -0.3 is 5.32 Å². The Labute approximate surface area is 120 Å². The van der Waals surface area contributed by atoms with Crippen molar-refractivity contribution in [3.05, 3.63) is 70.7 Å². The van der Waals surface area contributed by atoms with Crippen molar-refractivity contribution in [1.29, 1.82) is 0 Å². The minimum Gasteiger partial charge on any atom is -0.310 e. The maximum atomic E-state index is 5.90. The van der Waals surface area contributed by atoms with Crippen molar-refractivity contribution in [3.63, 3.8) is 0 Å². The Hall–Kier alpha value is -1.31. The van der Waals surface area contributed by atoms with E-state index in [4.69, 9.17) is 11.6 Å². The zero-order valence-corrected chi connectivity index (χ0v) is 12.2. The molecule has 0 aliphatic heterocycles. The summed E-state index contributed by atoms with van der Waals surface area (Å²) in [5, 5.41) is 4.36. The fraction of sp³-hybridized carbons (Fsp3) is 0.294. The average molecular weight is 274 g/mol. The number of benzene rings is 2. The molecule has 0 saturated heterocycles. The van der Waals surface area contributed by atoms with Gasteiger partial charge in [-0.2, -0.15) is 0 Å². The van der Waals surface area contributed by atoms with E-state index in [0.29, 0.717) is 12.0 Å². The van der Waals surface area contributed by atoms with E-state index in [0.717, 1.165) is 11.6 Å². The third-order valence-electron chi connectivity index (χ3n) is 3.47. The van der Waals surface area contributed by atoms with Crippen molar-refractivity contribution in [1.82, 2.24) is 5.32 Å². The molecule has 1 unspecified atom stereocenters. The Kier molecular flexibility index (Phi) is 5.00. The molecule has 1 nitrogen and oxygen atoms in total. The average Bonchev–Trinajstić information content (AvgIpc) is 2.46. The third-order valence-corrected chi connectivity index (χ3v) is 3.72. The summed E-state index contributed by atoms with van der Waals surface area (Å²) in [7, 11) is 0. The monoisotopic (exact) mass is 273 g/mol. The highest BCUT2D eigenvalue weighted by Crippen LogP contribution is 2.18. The van der Waals surface area contributed by atoms with Gasteiger partial charge in [-0.05, 0) is 36.1 Å². The van der Waals surface area contributed by atoms with Crippen molar-refractivity contribution in [2.45, 2.75) is 25.8 Å². The fourth-order valence-electron chi connectivity index (χ4n) is 2.12. The van der Waals surface area contributed by atoms with Crippen molar-refractivity contribution in [2.75, 3.05) is 6.54 Å². The Morgan fingerprint density at radius 3 is 2.16 bits per heavy atom. The van der Waals surface area contributed by atoms with E-state index in [-0.39, 0.29) is 0 Å². The Morgan fingerprint density at radius 2 is 1.53 bits per heavy atom. The zero-order chi connectivity index (χ0) is 13.7. The quantitative estimate of drug-likeness (QED) is 0.826. The van der Waals surface area contributed by atoms with Crippen molar-refractivity contribution >= 4 is 11.6 Å². The Bertz CT molecular complexity index is 492. The molecule has 0 aliphatic rings. The van der Waals surface area contributed by atoms with Gasteiger partial charge in [0.15, 0.2) is 0 Å². The Balaban J connectivity index is 1.90. The topological polar surface area (TPSA) is 12.0 Å². The van der Waals surface area contributed by atoms with Crippen LogP contribution in [0, 0.1) is 0 Å². The zero-order valence-electron chi connectivity index (χ0n) is 11.4. The summed E-state index contributed by atoms with van der Waals surface area (Å²) in [4.78, 5) is 0. The van der Waals surface area contributed by atoms with E-state index in [1.807, 2.05) is 12.1 Å². The molecule has 2 atom stereocenters. The second-order valence-electron chi connectivity index (χ2n) is 4.99. The lowest BCUT2D eigenvalue weighted by Gasteiger charge is -2.18. The second-order valence-corrected chi connectivity index (χ2v) is 5.43. The number of hydrogen-bond donors (Lipinski definition) is 1. The SMILES string of the molecule is CC(CN[C@H](C)c1ccc(Cl)cc1)c1ccccc1. The molecule has 0 saturated carbocycles. The van der Waals surface area contributed by atoms with Crippen LogP contribution in [0.4, 0.5) is 0 Å². The summed E-state index contributed by atoms with van der Waals surface area (Å²) in [6, 6.07) is 19.0. The predicted molar refractivity (Wildman–Crippen MR) is 82.7 cm³/mol. The summed E-state index contributed by atoms with van der Waals surface area (Å²) in [5.74, 6) is 0.510. The van der Waals surface area contributed by atoms with Gasteiger partial charge in [0.2, 0.25) is 0 Å². The molecule has 2 heteroatoms. The minimum atomic E-state index is 0.337. The van der Waals surface area contributed by atoms with Gasteiger partial charge in [0.1, 0.15) is 0 Å². The highest BCUT2D eigenvalue weighted by atomic mass is 35.5. The molecule has 2 aromatic carbocycles.